The standard InChI is InChI=1S/C28H28F4N4O4/c1-16(36-14-21-7-8-22(15-36)39-21)26(37)35-24-12-20(6-10-25(24)40-28(30,31)32)34-27(38)18-5-9-23(33-13-18)17-3-2-4-19(29)11-17/h2-6,9-13,16,21-22,27,34,38H,7-8,14-15H2,1H3,(H,35,37). The zero-order valence-electron chi connectivity index (χ0n) is 21.5. The number of ether oxygens (including phenoxy) is 2. The van der Waals surface area contributed by atoms with Gasteiger partial charge in [-0.25, -0.2) is 4.39 Å². The summed E-state index contributed by atoms with van der Waals surface area (Å²) >= 11 is 0. The normalized spacial score (nSPS) is 20.6. The number of hydrogen-bond donors (Lipinski definition) is 3. The summed E-state index contributed by atoms with van der Waals surface area (Å²) in [7, 11) is 0. The Morgan fingerprint density at radius 1 is 1.12 bits per heavy atom. The van der Waals surface area contributed by atoms with Crippen LogP contribution in [-0.2, 0) is 9.53 Å². The van der Waals surface area contributed by atoms with Crippen molar-refractivity contribution in [2.75, 3.05) is 23.7 Å². The van der Waals surface area contributed by atoms with Crippen LogP contribution < -0.4 is 15.4 Å². The minimum Gasteiger partial charge on any atom is -0.404 e. The third kappa shape index (κ3) is 6.69. The van der Waals surface area contributed by atoms with Crippen LogP contribution in [0.4, 0.5) is 28.9 Å². The highest BCUT2D eigenvalue weighted by atomic mass is 19.4. The quantitative estimate of drug-likeness (QED) is 0.261. The molecule has 8 nitrogen and oxygen atoms in total. The molecule has 212 valence electrons. The average molecular weight is 561 g/mol. The number of likely N-dealkylation sites (tertiary alicyclic amines) is 1. The van der Waals surface area contributed by atoms with E-state index in [1.165, 1.54) is 30.5 Å². The van der Waals surface area contributed by atoms with Crippen molar-refractivity contribution in [3.05, 3.63) is 72.2 Å². The van der Waals surface area contributed by atoms with Crippen molar-refractivity contribution < 1.29 is 36.9 Å². The number of halogens is 4. The van der Waals surface area contributed by atoms with Gasteiger partial charge in [0.05, 0.1) is 29.6 Å². The number of aromatic nitrogens is 1. The lowest BCUT2D eigenvalue weighted by Gasteiger charge is -2.35. The van der Waals surface area contributed by atoms with E-state index < -0.39 is 36.1 Å². The molecular weight excluding hydrogens is 532 g/mol. The molecule has 0 radical (unpaired) electrons. The van der Waals surface area contributed by atoms with Gasteiger partial charge in [-0.1, -0.05) is 18.2 Å². The Labute approximate surface area is 227 Å². The maximum absolute atomic E-state index is 13.5. The van der Waals surface area contributed by atoms with Crippen LogP contribution in [0.25, 0.3) is 11.3 Å². The molecule has 4 atom stereocenters. The van der Waals surface area contributed by atoms with Crippen LogP contribution in [0.2, 0.25) is 0 Å². The lowest BCUT2D eigenvalue weighted by molar-refractivity contribution is -0.274. The van der Waals surface area contributed by atoms with Gasteiger partial charge in [-0.05, 0) is 56.2 Å². The monoisotopic (exact) mass is 560 g/mol. The summed E-state index contributed by atoms with van der Waals surface area (Å²) in [5.74, 6) is -1.49. The zero-order chi connectivity index (χ0) is 28.4. The number of rotatable bonds is 8. The van der Waals surface area contributed by atoms with E-state index in [2.05, 4.69) is 20.4 Å². The first-order valence-corrected chi connectivity index (χ1v) is 12.8. The molecule has 3 N–H and O–H groups in total. The summed E-state index contributed by atoms with van der Waals surface area (Å²) in [6.07, 6.45) is -2.93. The van der Waals surface area contributed by atoms with Crippen molar-refractivity contribution in [2.24, 2.45) is 0 Å². The van der Waals surface area contributed by atoms with E-state index in [1.54, 1.807) is 31.2 Å². The number of pyridine rings is 1. The van der Waals surface area contributed by atoms with Gasteiger partial charge in [0.1, 0.15) is 5.82 Å². The lowest BCUT2D eigenvalue weighted by Crippen LogP contribution is -2.51. The van der Waals surface area contributed by atoms with Crippen LogP contribution in [0, 0.1) is 5.82 Å². The van der Waals surface area contributed by atoms with Gasteiger partial charge in [0.2, 0.25) is 5.91 Å². The van der Waals surface area contributed by atoms with E-state index in [0.29, 0.717) is 29.9 Å². The number of amides is 1. The molecule has 5 rings (SSSR count). The predicted molar refractivity (Wildman–Crippen MR) is 139 cm³/mol. The number of carbonyl (C=O) groups is 1. The van der Waals surface area contributed by atoms with E-state index in [1.807, 2.05) is 4.90 Å². The fourth-order valence-corrected chi connectivity index (χ4v) is 4.92. The molecule has 3 heterocycles. The summed E-state index contributed by atoms with van der Waals surface area (Å²) in [4.78, 5) is 19.3. The Morgan fingerprint density at radius 2 is 1.88 bits per heavy atom. The van der Waals surface area contributed by atoms with Crippen molar-refractivity contribution in [1.29, 1.82) is 0 Å². The van der Waals surface area contributed by atoms with Gasteiger partial charge in [-0.15, -0.1) is 13.2 Å². The van der Waals surface area contributed by atoms with Crippen LogP contribution in [0.3, 0.4) is 0 Å². The summed E-state index contributed by atoms with van der Waals surface area (Å²) in [5, 5.41) is 16.0. The molecule has 0 aliphatic carbocycles. The number of morpholine rings is 1. The molecule has 0 spiro atoms. The Bertz CT molecular complexity index is 1340. The minimum absolute atomic E-state index is 0.0459. The highest BCUT2D eigenvalue weighted by Crippen LogP contribution is 2.34. The van der Waals surface area contributed by atoms with Crippen LogP contribution >= 0.6 is 0 Å². The molecule has 2 aromatic carbocycles. The van der Waals surface area contributed by atoms with Crippen LogP contribution in [0.5, 0.6) is 5.75 Å². The zero-order valence-corrected chi connectivity index (χ0v) is 21.5. The van der Waals surface area contributed by atoms with Gasteiger partial charge < -0.3 is 25.2 Å². The van der Waals surface area contributed by atoms with Gasteiger partial charge in [-0.2, -0.15) is 0 Å². The molecule has 3 aromatic rings. The summed E-state index contributed by atoms with van der Waals surface area (Å²) in [5.41, 5.74) is 1.44. The van der Waals surface area contributed by atoms with Crippen molar-refractivity contribution in [2.45, 2.75) is 50.6 Å². The smallest absolute Gasteiger partial charge is 0.404 e. The van der Waals surface area contributed by atoms with Crippen molar-refractivity contribution >= 4 is 17.3 Å². The van der Waals surface area contributed by atoms with Gasteiger partial charge in [0.15, 0.2) is 12.0 Å². The molecule has 12 heteroatoms. The molecule has 1 aromatic heterocycles. The third-order valence-corrected chi connectivity index (χ3v) is 6.99. The number of aliphatic hydroxyl groups excluding tert-OH is 1. The molecule has 2 aliphatic heterocycles. The number of aliphatic hydroxyl groups is 1. The van der Waals surface area contributed by atoms with Crippen LogP contribution in [0.15, 0.2) is 60.8 Å². The molecule has 0 saturated carbocycles. The van der Waals surface area contributed by atoms with Gasteiger partial charge in [0.25, 0.3) is 0 Å². The third-order valence-electron chi connectivity index (χ3n) is 6.99. The molecule has 40 heavy (non-hydrogen) atoms. The van der Waals surface area contributed by atoms with Crippen LogP contribution in [-0.4, -0.2) is 58.6 Å². The topological polar surface area (TPSA) is 96.0 Å². The summed E-state index contributed by atoms with van der Waals surface area (Å²) in [6.45, 7) is 2.82. The van der Waals surface area contributed by atoms with E-state index in [9.17, 15) is 27.5 Å². The molecule has 1 amide bonds. The van der Waals surface area contributed by atoms with E-state index in [0.717, 1.165) is 18.9 Å². The molecule has 2 saturated heterocycles. The Hall–Kier alpha value is -3.74. The van der Waals surface area contributed by atoms with E-state index in [4.69, 9.17) is 4.74 Å². The molecule has 2 fully saturated rings. The first kappa shape index (κ1) is 27.8. The number of carbonyl (C=O) groups excluding carboxylic acids is 1. The highest BCUT2D eigenvalue weighted by Gasteiger charge is 2.38. The van der Waals surface area contributed by atoms with Crippen molar-refractivity contribution in [3.63, 3.8) is 0 Å². The van der Waals surface area contributed by atoms with Gasteiger partial charge in [-0.3, -0.25) is 14.7 Å². The second-order valence-electron chi connectivity index (χ2n) is 9.87. The lowest BCUT2D eigenvalue weighted by atomic mass is 10.1. The van der Waals surface area contributed by atoms with Crippen molar-refractivity contribution in [1.82, 2.24) is 9.88 Å². The summed E-state index contributed by atoms with van der Waals surface area (Å²) < 4.78 is 62.7. The average Bonchev–Trinajstić information content (AvgIpc) is 3.26. The largest absolute Gasteiger partial charge is 0.573 e. The van der Waals surface area contributed by atoms with E-state index >= 15 is 0 Å². The number of anilines is 2. The van der Waals surface area contributed by atoms with Crippen molar-refractivity contribution in [3.8, 4) is 17.0 Å². The molecular formula is C28H28F4N4O4. The number of hydrogen-bond acceptors (Lipinski definition) is 7. The second-order valence-corrected chi connectivity index (χ2v) is 9.87. The second kappa shape index (κ2) is 11.4. The number of benzene rings is 2. The fraction of sp³-hybridized carbons (Fsp3) is 0.357. The van der Waals surface area contributed by atoms with Gasteiger partial charge in [0, 0.05) is 36.1 Å². The number of nitrogens with one attached hydrogen (secondary N) is 2. The Balaban J connectivity index is 1.30. The maximum Gasteiger partial charge on any atom is 0.573 e. The number of alkyl halides is 3. The first-order valence-electron chi connectivity index (χ1n) is 12.8. The Kier molecular flexibility index (Phi) is 7.92. The molecule has 4 unspecified atom stereocenters. The first-order chi connectivity index (χ1) is 19.0. The maximum atomic E-state index is 13.5. The SMILES string of the molecule is CC(C(=O)Nc1cc(NC(O)c2ccc(-c3cccc(F)c3)nc2)ccc1OC(F)(F)F)N1CC2CCC(C1)O2. The minimum atomic E-state index is -4.97. The fourth-order valence-electron chi connectivity index (χ4n) is 4.92. The summed E-state index contributed by atoms with van der Waals surface area (Å²) in [6, 6.07) is 12.1. The van der Waals surface area contributed by atoms with Crippen LogP contribution in [0.1, 0.15) is 31.6 Å². The Morgan fingerprint density at radius 3 is 2.52 bits per heavy atom. The molecule has 2 aliphatic rings. The van der Waals surface area contributed by atoms with Gasteiger partial charge >= 0.3 is 6.36 Å². The highest BCUT2D eigenvalue weighted by molar-refractivity contribution is 5.96. The molecule has 2 bridgehead atoms. The number of fused-ring (bicyclic) bond motifs is 2. The number of nitrogens with zero attached hydrogens (tertiary/aromatic N) is 2. The predicted octanol–water partition coefficient (Wildman–Crippen LogP) is 5.08. The van der Waals surface area contributed by atoms with E-state index in [-0.39, 0.29) is 23.6 Å².